The zero-order valence-electron chi connectivity index (χ0n) is 17.8. The summed E-state index contributed by atoms with van der Waals surface area (Å²) in [4.78, 5) is 27.4. The summed E-state index contributed by atoms with van der Waals surface area (Å²) >= 11 is 0. The minimum atomic E-state index is -4.50. The summed E-state index contributed by atoms with van der Waals surface area (Å²) < 4.78 is 43.6. The van der Waals surface area contributed by atoms with Gasteiger partial charge in [0.2, 0.25) is 11.8 Å². The SMILES string of the molecule is CC(=O)NC(Cc1c[nH]c2ccccc12)C(=O)NCC(O)COc1cccc(C(F)(F)F)c1. The number of ether oxygens (including phenoxy) is 1. The maximum absolute atomic E-state index is 12.8. The Kier molecular flexibility index (Phi) is 7.59. The van der Waals surface area contributed by atoms with Crippen LogP contribution in [0, 0.1) is 0 Å². The van der Waals surface area contributed by atoms with Crippen LogP contribution in [0.2, 0.25) is 0 Å². The van der Waals surface area contributed by atoms with E-state index in [-0.39, 0.29) is 31.2 Å². The fourth-order valence-corrected chi connectivity index (χ4v) is 3.33. The van der Waals surface area contributed by atoms with Crippen molar-refractivity contribution in [2.75, 3.05) is 13.2 Å². The molecule has 176 valence electrons. The Labute approximate surface area is 187 Å². The third-order valence-corrected chi connectivity index (χ3v) is 4.91. The topological polar surface area (TPSA) is 103 Å². The maximum atomic E-state index is 12.8. The number of alkyl halides is 3. The van der Waals surface area contributed by atoms with Gasteiger partial charge in [0.25, 0.3) is 0 Å². The minimum absolute atomic E-state index is 0.0503. The van der Waals surface area contributed by atoms with Crippen molar-refractivity contribution >= 4 is 22.7 Å². The predicted octanol–water partition coefficient (Wildman–Crippen LogP) is 2.79. The van der Waals surface area contributed by atoms with Gasteiger partial charge in [0.1, 0.15) is 24.5 Å². The maximum Gasteiger partial charge on any atom is 0.416 e. The number of aliphatic hydroxyl groups excluding tert-OH is 1. The lowest BCUT2D eigenvalue weighted by molar-refractivity contribution is -0.137. The lowest BCUT2D eigenvalue weighted by Crippen LogP contribution is -2.49. The van der Waals surface area contributed by atoms with Gasteiger partial charge >= 0.3 is 6.18 Å². The van der Waals surface area contributed by atoms with Crippen molar-refractivity contribution in [3.8, 4) is 5.75 Å². The summed E-state index contributed by atoms with van der Waals surface area (Å²) in [5.74, 6) is -0.942. The lowest BCUT2D eigenvalue weighted by atomic mass is 10.0. The number of halogens is 3. The van der Waals surface area contributed by atoms with Gasteiger partial charge in [-0.3, -0.25) is 9.59 Å². The van der Waals surface area contributed by atoms with E-state index in [9.17, 15) is 27.9 Å². The number of nitrogens with one attached hydrogen (secondary N) is 3. The van der Waals surface area contributed by atoms with E-state index in [2.05, 4.69) is 15.6 Å². The molecule has 2 amide bonds. The molecule has 0 fully saturated rings. The van der Waals surface area contributed by atoms with Crippen molar-refractivity contribution in [1.82, 2.24) is 15.6 Å². The molecule has 0 spiro atoms. The molecular formula is C23H24F3N3O4. The Balaban J connectivity index is 1.56. The molecule has 2 atom stereocenters. The minimum Gasteiger partial charge on any atom is -0.491 e. The molecule has 0 saturated heterocycles. The van der Waals surface area contributed by atoms with E-state index in [0.717, 1.165) is 28.6 Å². The number of hydrogen-bond acceptors (Lipinski definition) is 4. The molecule has 3 aromatic rings. The molecule has 7 nitrogen and oxygen atoms in total. The Hall–Kier alpha value is -3.53. The highest BCUT2D eigenvalue weighted by molar-refractivity contribution is 5.89. The monoisotopic (exact) mass is 463 g/mol. The molecule has 0 bridgehead atoms. The largest absolute Gasteiger partial charge is 0.491 e. The number of hydrogen-bond donors (Lipinski definition) is 4. The number of benzene rings is 2. The van der Waals surface area contributed by atoms with Crippen molar-refractivity contribution < 1.29 is 32.6 Å². The summed E-state index contributed by atoms with van der Waals surface area (Å²) in [7, 11) is 0. The van der Waals surface area contributed by atoms with E-state index >= 15 is 0 Å². The number of rotatable bonds is 9. The normalized spacial score (nSPS) is 13.4. The molecule has 0 saturated carbocycles. The number of aromatic amines is 1. The van der Waals surface area contributed by atoms with Crippen LogP contribution in [0.4, 0.5) is 13.2 Å². The van der Waals surface area contributed by atoms with Gasteiger partial charge in [0.05, 0.1) is 5.56 Å². The molecule has 4 N–H and O–H groups in total. The van der Waals surface area contributed by atoms with Gasteiger partial charge in [0, 0.05) is 37.0 Å². The second kappa shape index (κ2) is 10.4. The highest BCUT2D eigenvalue weighted by atomic mass is 19.4. The van der Waals surface area contributed by atoms with Crippen molar-refractivity contribution in [2.24, 2.45) is 0 Å². The number of aliphatic hydroxyl groups is 1. The lowest BCUT2D eigenvalue weighted by Gasteiger charge is -2.19. The van der Waals surface area contributed by atoms with E-state index in [1.165, 1.54) is 19.1 Å². The van der Waals surface area contributed by atoms with Crippen LogP contribution in [-0.4, -0.2) is 47.2 Å². The number of H-pyrrole nitrogens is 1. The van der Waals surface area contributed by atoms with E-state index in [4.69, 9.17) is 4.74 Å². The van der Waals surface area contributed by atoms with Crippen LogP contribution in [0.3, 0.4) is 0 Å². The second-order valence-corrected chi connectivity index (χ2v) is 7.55. The van der Waals surface area contributed by atoms with Crippen LogP contribution < -0.4 is 15.4 Å². The first kappa shape index (κ1) is 24.1. The van der Waals surface area contributed by atoms with Gasteiger partial charge in [-0.05, 0) is 29.8 Å². The van der Waals surface area contributed by atoms with Crippen LogP contribution in [0.1, 0.15) is 18.1 Å². The first-order valence-electron chi connectivity index (χ1n) is 10.2. The molecule has 1 aromatic heterocycles. The van der Waals surface area contributed by atoms with Crippen molar-refractivity contribution in [1.29, 1.82) is 0 Å². The highest BCUT2D eigenvalue weighted by Gasteiger charge is 2.30. The fraction of sp³-hybridized carbons (Fsp3) is 0.304. The van der Waals surface area contributed by atoms with E-state index in [1.807, 2.05) is 24.3 Å². The first-order valence-corrected chi connectivity index (χ1v) is 10.2. The Morgan fingerprint density at radius 1 is 1.15 bits per heavy atom. The molecule has 33 heavy (non-hydrogen) atoms. The number of aromatic nitrogens is 1. The number of carbonyl (C=O) groups is 2. The van der Waals surface area contributed by atoms with Gasteiger partial charge in [-0.25, -0.2) is 0 Å². The molecule has 10 heteroatoms. The third-order valence-electron chi connectivity index (χ3n) is 4.91. The number of fused-ring (bicyclic) bond motifs is 1. The van der Waals surface area contributed by atoms with Crippen molar-refractivity contribution in [2.45, 2.75) is 31.7 Å². The third kappa shape index (κ3) is 6.72. The van der Waals surface area contributed by atoms with Gasteiger partial charge < -0.3 is 25.5 Å². The number of amides is 2. The molecule has 0 radical (unpaired) electrons. The molecule has 2 unspecified atom stereocenters. The summed E-state index contributed by atoms with van der Waals surface area (Å²) in [6.45, 7) is 0.768. The molecule has 0 aliphatic rings. The van der Waals surface area contributed by atoms with Crippen molar-refractivity contribution in [3.05, 3.63) is 65.9 Å². The van der Waals surface area contributed by atoms with E-state index in [1.54, 1.807) is 6.20 Å². The van der Waals surface area contributed by atoms with Crippen LogP contribution in [0.5, 0.6) is 5.75 Å². The van der Waals surface area contributed by atoms with Crippen LogP contribution >= 0.6 is 0 Å². The van der Waals surface area contributed by atoms with Crippen LogP contribution in [0.25, 0.3) is 10.9 Å². The number of carbonyl (C=O) groups excluding carboxylic acids is 2. The zero-order chi connectivity index (χ0) is 24.0. The summed E-state index contributed by atoms with van der Waals surface area (Å²) in [6.07, 6.45) is -3.68. The fourth-order valence-electron chi connectivity index (χ4n) is 3.33. The quantitative estimate of drug-likeness (QED) is 0.392. The van der Waals surface area contributed by atoms with Crippen molar-refractivity contribution in [3.63, 3.8) is 0 Å². The summed E-state index contributed by atoms with van der Waals surface area (Å²) in [5.41, 5.74) is 0.878. The molecule has 0 aliphatic heterocycles. The Morgan fingerprint density at radius 2 is 1.91 bits per heavy atom. The molecule has 2 aromatic carbocycles. The molecule has 3 rings (SSSR count). The molecular weight excluding hydrogens is 439 g/mol. The van der Waals surface area contributed by atoms with Gasteiger partial charge in [0.15, 0.2) is 0 Å². The number of para-hydroxylation sites is 1. The highest BCUT2D eigenvalue weighted by Crippen LogP contribution is 2.31. The van der Waals surface area contributed by atoms with Gasteiger partial charge in [-0.1, -0.05) is 24.3 Å². The Bertz CT molecular complexity index is 1110. The Morgan fingerprint density at radius 3 is 2.64 bits per heavy atom. The standard InChI is InChI=1S/C23H24F3N3O4/c1-14(30)29-21(9-15-11-27-20-8-3-2-7-19(15)20)22(32)28-12-17(31)13-33-18-6-4-5-16(10-18)23(24,25)26/h2-8,10-11,17,21,27,31H,9,12-13H2,1H3,(H,28,32)(H,29,30). The average molecular weight is 463 g/mol. The first-order chi connectivity index (χ1) is 15.6. The second-order valence-electron chi connectivity index (χ2n) is 7.55. The average Bonchev–Trinajstić information content (AvgIpc) is 3.18. The summed E-state index contributed by atoms with van der Waals surface area (Å²) in [5, 5.41) is 16.2. The van der Waals surface area contributed by atoms with Crippen LogP contribution in [-0.2, 0) is 22.2 Å². The zero-order valence-corrected chi connectivity index (χ0v) is 17.8. The molecule has 0 aliphatic carbocycles. The van der Waals surface area contributed by atoms with Gasteiger partial charge in [-0.2, -0.15) is 13.2 Å². The van der Waals surface area contributed by atoms with Crippen LogP contribution in [0.15, 0.2) is 54.7 Å². The molecule has 1 heterocycles. The van der Waals surface area contributed by atoms with E-state index in [0.29, 0.717) is 0 Å². The van der Waals surface area contributed by atoms with E-state index < -0.39 is 29.8 Å². The predicted molar refractivity (Wildman–Crippen MR) is 116 cm³/mol. The smallest absolute Gasteiger partial charge is 0.416 e. The summed E-state index contributed by atoms with van der Waals surface area (Å²) in [6, 6.07) is 11.0. The van der Waals surface area contributed by atoms with Gasteiger partial charge in [-0.15, -0.1) is 0 Å².